The van der Waals surface area contributed by atoms with Crippen LogP contribution in [0.5, 0.6) is 0 Å². The number of nitrogens with one attached hydrogen (secondary N) is 1. The van der Waals surface area contributed by atoms with Gasteiger partial charge in [-0.15, -0.1) is 10.2 Å². The van der Waals surface area contributed by atoms with E-state index in [4.69, 9.17) is 5.11 Å². The minimum atomic E-state index is -4.48. The van der Waals surface area contributed by atoms with Crippen LogP contribution in [0, 0.1) is 5.41 Å². The van der Waals surface area contributed by atoms with Gasteiger partial charge in [-0.05, 0) is 12.1 Å². The summed E-state index contributed by atoms with van der Waals surface area (Å²) in [4.78, 5) is 0. The van der Waals surface area contributed by atoms with Crippen molar-refractivity contribution in [2.75, 3.05) is 18.5 Å². The zero-order valence-corrected chi connectivity index (χ0v) is 9.54. The highest BCUT2D eigenvalue weighted by Gasteiger charge is 2.32. The van der Waals surface area contributed by atoms with Crippen molar-refractivity contribution in [1.82, 2.24) is 10.2 Å². The maximum absolute atomic E-state index is 12.2. The topological polar surface area (TPSA) is 58.0 Å². The van der Waals surface area contributed by atoms with Gasteiger partial charge in [-0.2, -0.15) is 13.2 Å². The molecule has 0 unspecified atom stereocenters. The number of hydrogen-bond acceptors (Lipinski definition) is 4. The molecule has 4 nitrogen and oxygen atoms in total. The highest BCUT2D eigenvalue weighted by atomic mass is 19.4. The molecular formula is C10H14F3N3O. The Labute approximate surface area is 96.9 Å². The fourth-order valence-corrected chi connectivity index (χ4v) is 0.963. The van der Waals surface area contributed by atoms with Gasteiger partial charge in [0.2, 0.25) is 0 Å². The molecule has 17 heavy (non-hydrogen) atoms. The van der Waals surface area contributed by atoms with Crippen LogP contribution in [0.1, 0.15) is 19.5 Å². The zero-order chi connectivity index (χ0) is 13.1. The predicted octanol–water partition coefficient (Wildman–Crippen LogP) is 1.93. The first kappa shape index (κ1) is 13.7. The molecule has 0 spiro atoms. The molecule has 0 saturated carbocycles. The van der Waals surface area contributed by atoms with Crippen molar-refractivity contribution in [2.24, 2.45) is 5.41 Å². The van der Waals surface area contributed by atoms with E-state index in [1.807, 2.05) is 13.8 Å². The highest BCUT2D eigenvalue weighted by Crippen LogP contribution is 2.27. The lowest BCUT2D eigenvalue weighted by Gasteiger charge is -2.21. The van der Waals surface area contributed by atoms with Gasteiger partial charge in [0.05, 0.1) is 0 Å². The van der Waals surface area contributed by atoms with Crippen LogP contribution >= 0.6 is 0 Å². The lowest BCUT2D eigenvalue weighted by atomic mass is 9.95. The van der Waals surface area contributed by atoms with Crippen LogP contribution in [-0.4, -0.2) is 28.5 Å². The quantitative estimate of drug-likeness (QED) is 0.856. The molecule has 0 radical (unpaired) electrons. The Hall–Kier alpha value is -1.37. The van der Waals surface area contributed by atoms with E-state index >= 15 is 0 Å². The minimum Gasteiger partial charge on any atom is -0.396 e. The number of halogens is 3. The van der Waals surface area contributed by atoms with E-state index in [0.29, 0.717) is 6.54 Å². The summed E-state index contributed by atoms with van der Waals surface area (Å²) >= 11 is 0. The molecule has 1 aromatic rings. The smallest absolute Gasteiger partial charge is 0.396 e. The summed E-state index contributed by atoms with van der Waals surface area (Å²) in [6.45, 7) is 3.99. The third kappa shape index (κ3) is 4.18. The van der Waals surface area contributed by atoms with Gasteiger partial charge in [-0.25, -0.2) is 0 Å². The second kappa shape index (κ2) is 4.87. The maximum Gasteiger partial charge on any atom is 0.435 e. The molecule has 0 atom stereocenters. The van der Waals surface area contributed by atoms with Gasteiger partial charge < -0.3 is 10.4 Å². The number of alkyl halides is 3. The van der Waals surface area contributed by atoms with E-state index in [1.165, 1.54) is 6.07 Å². The number of aromatic nitrogens is 2. The van der Waals surface area contributed by atoms with Gasteiger partial charge in [-0.3, -0.25) is 0 Å². The second-order valence-corrected chi connectivity index (χ2v) is 4.48. The summed E-state index contributed by atoms with van der Waals surface area (Å²) in [5, 5.41) is 18.3. The Morgan fingerprint density at radius 3 is 2.29 bits per heavy atom. The van der Waals surface area contributed by atoms with E-state index in [-0.39, 0.29) is 17.8 Å². The van der Waals surface area contributed by atoms with Crippen LogP contribution in [0.3, 0.4) is 0 Å². The zero-order valence-electron chi connectivity index (χ0n) is 9.54. The molecular weight excluding hydrogens is 235 g/mol. The Morgan fingerprint density at radius 1 is 1.24 bits per heavy atom. The molecule has 1 heterocycles. The molecule has 0 aliphatic carbocycles. The van der Waals surface area contributed by atoms with Crippen molar-refractivity contribution in [3.05, 3.63) is 17.8 Å². The summed E-state index contributed by atoms with van der Waals surface area (Å²) in [6.07, 6.45) is -4.48. The van der Waals surface area contributed by atoms with Gasteiger partial charge in [0.25, 0.3) is 0 Å². The standard InChI is InChI=1S/C10H14F3N3O/c1-9(2,6-17)5-14-8-4-3-7(15-16-8)10(11,12)13/h3-4,17H,5-6H2,1-2H3,(H,14,16). The third-order valence-corrected chi connectivity index (χ3v) is 2.13. The largest absolute Gasteiger partial charge is 0.435 e. The third-order valence-electron chi connectivity index (χ3n) is 2.13. The number of hydrogen-bond donors (Lipinski definition) is 2. The monoisotopic (exact) mass is 249 g/mol. The predicted molar refractivity (Wildman–Crippen MR) is 56.4 cm³/mol. The number of anilines is 1. The number of nitrogens with zero attached hydrogens (tertiary/aromatic N) is 2. The Bertz CT molecular complexity index is 362. The van der Waals surface area contributed by atoms with Crippen molar-refractivity contribution >= 4 is 5.82 Å². The van der Waals surface area contributed by atoms with E-state index in [9.17, 15) is 13.2 Å². The van der Waals surface area contributed by atoms with Gasteiger partial charge in [-0.1, -0.05) is 13.8 Å². The van der Waals surface area contributed by atoms with Crippen LogP contribution < -0.4 is 5.32 Å². The lowest BCUT2D eigenvalue weighted by molar-refractivity contribution is -0.141. The van der Waals surface area contributed by atoms with Crippen molar-refractivity contribution in [3.8, 4) is 0 Å². The molecule has 0 saturated heterocycles. The fourth-order valence-electron chi connectivity index (χ4n) is 0.963. The van der Waals surface area contributed by atoms with Gasteiger partial charge in [0, 0.05) is 18.6 Å². The van der Waals surface area contributed by atoms with Crippen LogP contribution in [0.25, 0.3) is 0 Å². The first-order valence-electron chi connectivity index (χ1n) is 5.00. The molecule has 7 heteroatoms. The van der Waals surface area contributed by atoms with Crippen LogP contribution in [0.15, 0.2) is 12.1 Å². The van der Waals surface area contributed by atoms with E-state index in [0.717, 1.165) is 6.07 Å². The Morgan fingerprint density at radius 2 is 1.88 bits per heavy atom. The average molecular weight is 249 g/mol. The molecule has 1 aromatic heterocycles. The van der Waals surface area contributed by atoms with Crippen LogP contribution in [-0.2, 0) is 6.18 Å². The Balaban J connectivity index is 2.64. The molecule has 2 N–H and O–H groups in total. The second-order valence-electron chi connectivity index (χ2n) is 4.48. The molecule has 96 valence electrons. The molecule has 0 bridgehead atoms. The molecule has 1 rings (SSSR count). The lowest BCUT2D eigenvalue weighted by Crippen LogP contribution is -2.27. The first-order chi connectivity index (χ1) is 7.74. The normalized spacial score (nSPS) is 12.6. The van der Waals surface area contributed by atoms with Gasteiger partial charge in [0.15, 0.2) is 5.69 Å². The van der Waals surface area contributed by atoms with E-state index in [1.54, 1.807) is 0 Å². The van der Waals surface area contributed by atoms with Crippen molar-refractivity contribution in [2.45, 2.75) is 20.0 Å². The van der Waals surface area contributed by atoms with Gasteiger partial charge in [0.1, 0.15) is 5.82 Å². The van der Waals surface area contributed by atoms with Crippen molar-refractivity contribution in [3.63, 3.8) is 0 Å². The highest BCUT2D eigenvalue weighted by molar-refractivity contribution is 5.33. The first-order valence-corrected chi connectivity index (χ1v) is 5.00. The van der Waals surface area contributed by atoms with E-state index < -0.39 is 11.9 Å². The number of rotatable bonds is 4. The minimum absolute atomic E-state index is 0.0337. The van der Waals surface area contributed by atoms with Gasteiger partial charge >= 0.3 is 6.18 Å². The van der Waals surface area contributed by atoms with Crippen molar-refractivity contribution < 1.29 is 18.3 Å². The molecule has 0 aromatic carbocycles. The molecule has 0 aliphatic rings. The average Bonchev–Trinajstić information content (AvgIpc) is 2.26. The van der Waals surface area contributed by atoms with Crippen molar-refractivity contribution in [1.29, 1.82) is 0 Å². The summed E-state index contributed by atoms with van der Waals surface area (Å²) in [7, 11) is 0. The number of aliphatic hydroxyl groups excluding tert-OH is 1. The van der Waals surface area contributed by atoms with Crippen LogP contribution in [0.2, 0.25) is 0 Å². The molecule has 0 fully saturated rings. The maximum atomic E-state index is 12.2. The SMILES string of the molecule is CC(C)(CO)CNc1ccc(C(F)(F)F)nn1. The summed E-state index contributed by atoms with van der Waals surface area (Å²) in [5.41, 5.74) is -1.39. The molecule has 0 aliphatic heterocycles. The van der Waals surface area contributed by atoms with Crippen LogP contribution in [0.4, 0.5) is 19.0 Å². The number of aliphatic hydroxyl groups is 1. The molecule has 0 amide bonds. The van der Waals surface area contributed by atoms with E-state index in [2.05, 4.69) is 15.5 Å². The summed E-state index contributed by atoms with van der Waals surface area (Å²) < 4.78 is 36.6. The summed E-state index contributed by atoms with van der Waals surface area (Å²) in [6, 6.07) is 2.07. The fraction of sp³-hybridized carbons (Fsp3) is 0.600. The Kier molecular flexibility index (Phi) is 3.92. The summed E-state index contributed by atoms with van der Waals surface area (Å²) in [5.74, 6) is 0.250.